The van der Waals surface area contributed by atoms with Gasteiger partial charge in [0, 0.05) is 36.9 Å². The van der Waals surface area contributed by atoms with Gasteiger partial charge < -0.3 is 10.2 Å². The van der Waals surface area contributed by atoms with Gasteiger partial charge in [-0.05, 0) is 24.6 Å². The van der Waals surface area contributed by atoms with Crippen LogP contribution in [0, 0.1) is 6.92 Å². The summed E-state index contributed by atoms with van der Waals surface area (Å²) in [6.07, 6.45) is 3.73. The molecule has 0 atom stereocenters. The highest BCUT2D eigenvalue weighted by Gasteiger charge is 2.08. The van der Waals surface area contributed by atoms with Gasteiger partial charge in [-0.3, -0.25) is 0 Å². The summed E-state index contributed by atoms with van der Waals surface area (Å²) in [5.74, 6) is 0.994. The van der Waals surface area contributed by atoms with Gasteiger partial charge in [0.05, 0.1) is 0 Å². The fraction of sp³-hybridized carbons (Fsp3) is 0.222. The molecule has 2 aromatic heterocycles. The van der Waals surface area contributed by atoms with Gasteiger partial charge >= 0.3 is 0 Å². The van der Waals surface area contributed by atoms with Crippen molar-refractivity contribution in [1.29, 1.82) is 0 Å². The highest BCUT2D eigenvalue weighted by molar-refractivity contribution is 7.15. The van der Waals surface area contributed by atoms with E-state index in [2.05, 4.69) is 57.4 Å². The van der Waals surface area contributed by atoms with Crippen molar-refractivity contribution in [1.82, 2.24) is 9.97 Å². The van der Waals surface area contributed by atoms with Gasteiger partial charge in [-0.15, -0.1) is 11.3 Å². The van der Waals surface area contributed by atoms with Crippen LogP contribution >= 0.6 is 11.3 Å². The summed E-state index contributed by atoms with van der Waals surface area (Å²) in [7, 11) is 0. The summed E-state index contributed by atoms with van der Waals surface area (Å²) in [4.78, 5) is 12.3. The maximum Gasteiger partial charge on any atom is 0.182 e. The molecule has 4 nitrogen and oxygen atoms in total. The van der Waals surface area contributed by atoms with E-state index in [4.69, 9.17) is 0 Å². The minimum Gasteiger partial charge on any atom is -0.360 e. The van der Waals surface area contributed by atoms with Crippen LogP contribution in [0.4, 0.5) is 10.9 Å². The zero-order valence-electron chi connectivity index (χ0n) is 13.1. The Labute approximate surface area is 140 Å². The molecule has 5 heteroatoms. The Bertz CT molecular complexity index is 712. The van der Waals surface area contributed by atoms with Crippen molar-refractivity contribution in [2.45, 2.75) is 13.5 Å². The van der Waals surface area contributed by atoms with Gasteiger partial charge in [0.2, 0.25) is 0 Å². The number of rotatable bonds is 7. The average Bonchev–Trinajstić information content (AvgIpc) is 3.01. The van der Waals surface area contributed by atoms with E-state index in [1.165, 1.54) is 10.4 Å². The fourth-order valence-corrected chi connectivity index (χ4v) is 3.04. The number of anilines is 2. The average molecular weight is 324 g/mol. The minimum absolute atomic E-state index is 0.830. The van der Waals surface area contributed by atoms with Crippen LogP contribution in [0.1, 0.15) is 10.4 Å². The first-order valence-corrected chi connectivity index (χ1v) is 8.49. The maximum absolute atomic E-state index is 4.49. The number of nitrogens with zero attached hydrogens (tertiary/aromatic N) is 3. The third kappa shape index (κ3) is 4.53. The lowest BCUT2D eigenvalue weighted by molar-refractivity contribution is 0.790. The molecule has 3 rings (SSSR count). The van der Waals surface area contributed by atoms with E-state index < -0.39 is 0 Å². The Morgan fingerprint density at radius 2 is 1.87 bits per heavy atom. The minimum atomic E-state index is 0.830. The molecule has 0 unspecified atom stereocenters. The summed E-state index contributed by atoms with van der Waals surface area (Å²) >= 11 is 1.68. The molecular weight excluding hydrogens is 304 g/mol. The third-order valence-corrected chi connectivity index (χ3v) is 4.34. The zero-order chi connectivity index (χ0) is 15.9. The molecule has 0 saturated carbocycles. The van der Waals surface area contributed by atoms with Crippen LogP contribution < -0.4 is 10.2 Å². The second-order valence-electron chi connectivity index (χ2n) is 5.30. The smallest absolute Gasteiger partial charge is 0.182 e. The summed E-state index contributed by atoms with van der Waals surface area (Å²) in [5, 5.41) is 4.36. The van der Waals surface area contributed by atoms with E-state index in [9.17, 15) is 0 Å². The molecule has 0 spiro atoms. The lowest BCUT2D eigenvalue weighted by atomic mass is 10.2. The molecule has 0 fully saturated rings. The van der Waals surface area contributed by atoms with Gasteiger partial charge in [0.15, 0.2) is 5.13 Å². The molecule has 3 aromatic rings. The van der Waals surface area contributed by atoms with Gasteiger partial charge in [-0.1, -0.05) is 36.4 Å². The summed E-state index contributed by atoms with van der Waals surface area (Å²) in [5.41, 5.74) is 1.28. The molecule has 2 heterocycles. The normalized spacial score (nSPS) is 10.5. The van der Waals surface area contributed by atoms with Crippen molar-refractivity contribution >= 4 is 22.3 Å². The predicted molar refractivity (Wildman–Crippen MR) is 97.1 cm³/mol. The van der Waals surface area contributed by atoms with Gasteiger partial charge in [-0.2, -0.15) is 0 Å². The van der Waals surface area contributed by atoms with Crippen LogP contribution in [0.15, 0.2) is 60.9 Å². The molecular formula is C18H20N4S. The van der Waals surface area contributed by atoms with E-state index in [-0.39, 0.29) is 0 Å². The van der Waals surface area contributed by atoms with Crippen LogP contribution in [0.5, 0.6) is 0 Å². The van der Waals surface area contributed by atoms with Crippen molar-refractivity contribution in [3.8, 4) is 0 Å². The third-order valence-electron chi connectivity index (χ3n) is 3.47. The number of pyridine rings is 1. The number of benzene rings is 1. The first-order valence-electron chi connectivity index (χ1n) is 7.67. The highest BCUT2D eigenvalue weighted by Crippen LogP contribution is 2.17. The summed E-state index contributed by atoms with van der Waals surface area (Å²) < 4.78 is 0. The number of aromatic nitrogens is 2. The van der Waals surface area contributed by atoms with Crippen LogP contribution in [-0.2, 0) is 6.54 Å². The molecule has 0 saturated heterocycles. The van der Waals surface area contributed by atoms with E-state index in [0.29, 0.717) is 0 Å². The van der Waals surface area contributed by atoms with Crippen LogP contribution in [0.3, 0.4) is 0 Å². The maximum atomic E-state index is 4.49. The van der Waals surface area contributed by atoms with Gasteiger partial charge in [0.25, 0.3) is 0 Å². The molecule has 0 amide bonds. The van der Waals surface area contributed by atoms with E-state index in [0.717, 1.165) is 30.6 Å². The Morgan fingerprint density at radius 3 is 2.57 bits per heavy atom. The van der Waals surface area contributed by atoms with Crippen LogP contribution in [0.2, 0.25) is 0 Å². The molecule has 23 heavy (non-hydrogen) atoms. The summed E-state index contributed by atoms with van der Waals surface area (Å²) in [6.45, 7) is 4.61. The SMILES string of the molecule is Cc1cnc(NCCN(Cc2ccccc2)c2ccccn2)s1. The van der Waals surface area contributed by atoms with Crippen molar-refractivity contribution in [2.75, 3.05) is 23.3 Å². The Kier molecular flexibility index (Phi) is 5.21. The molecule has 0 aliphatic rings. The number of nitrogens with one attached hydrogen (secondary N) is 1. The Balaban J connectivity index is 1.65. The van der Waals surface area contributed by atoms with Gasteiger partial charge in [0.1, 0.15) is 5.82 Å². The predicted octanol–water partition coefficient (Wildman–Crippen LogP) is 3.97. The van der Waals surface area contributed by atoms with Crippen molar-refractivity contribution in [3.63, 3.8) is 0 Å². The molecule has 0 bridgehead atoms. The van der Waals surface area contributed by atoms with E-state index in [1.807, 2.05) is 30.6 Å². The van der Waals surface area contributed by atoms with E-state index in [1.54, 1.807) is 11.3 Å². The number of hydrogen-bond acceptors (Lipinski definition) is 5. The van der Waals surface area contributed by atoms with E-state index >= 15 is 0 Å². The molecule has 1 aromatic carbocycles. The Hall–Kier alpha value is -2.40. The van der Waals surface area contributed by atoms with Crippen LogP contribution in [-0.4, -0.2) is 23.1 Å². The zero-order valence-corrected chi connectivity index (χ0v) is 14.0. The van der Waals surface area contributed by atoms with Crippen molar-refractivity contribution in [2.24, 2.45) is 0 Å². The van der Waals surface area contributed by atoms with Gasteiger partial charge in [-0.25, -0.2) is 9.97 Å². The Morgan fingerprint density at radius 1 is 1.04 bits per heavy atom. The number of aryl methyl sites for hydroxylation is 1. The fourth-order valence-electron chi connectivity index (χ4n) is 2.35. The number of hydrogen-bond donors (Lipinski definition) is 1. The first-order chi connectivity index (χ1) is 11.3. The largest absolute Gasteiger partial charge is 0.360 e. The molecule has 0 aliphatic heterocycles. The molecule has 0 aliphatic carbocycles. The van der Waals surface area contributed by atoms with Crippen molar-refractivity contribution in [3.05, 3.63) is 71.4 Å². The first kappa shape index (κ1) is 15.5. The standard InChI is InChI=1S/C18H20N4S/c1-15-13-21-18(23-15)20-11-12-22(17-9-5-6-10-19-17)14-16-7-3-2-4-8-16/h2-10,13H,11-12,14H2,1H3,(H,20,21). The second kappa shape index (κ2) is 7.74. The lowest BCUT2D eigenvalue weighted by Crippen LogP contribution is -2.29. The second-order valence-corrected chi connectivity index (χ2v) is 6.53. The monoisotopic (exact) mass is 324 g/mol. The lowest BCUT2D eigenvalue weighted by Gasteiger charge is -2.24. The van der Waals surface area contributed by atoms with Crippen molar-refractivity contribution < 1.29 is 0 Å². The number of thiazole rings is 1. The summed E-state index contributed by atoms with van der Waals surface area (Å²) in [6, 6.07) is 16.5. The molecule has 118 valence electrons. The quantitative estimate of drug-likeness (QED) is 0.714. The molecule has 0 radical (unpaired) electrons. The van der Waals surface area contributed by atoms with Crippen LogP contribution in [0.25, 0.3) is 0 Å². The molecule has 1 N–H and O–H groups in total. The highest BCUT2D eigenvalue weighted by atomic mass is 32.1. The topological polar surface area (TPSA) is 41.1 Å².